The van der Waals surface area contributed by atoms with E-state index < -0.39 is 0 Å². The first-order valence-electron chi connectivity index (χ1n) is 3.57. The van der Waals surface area contributed by atoms with E-state index >= 15 is 0 Å². The van der Waals surface area contributed by atoms with E-state index in [9.17, 15) is 0 Å². The molecule has 1 aromatic heterocycles. The van der Waals surface area contributed by atoms with Crippen LogP contribution in [0.2, 0.25) is 0 Å². The van der Waals surface area contributed by atoms with Crippen LogP contribution in [0.5, 0.6) is 0 Å². The lowest BCUT2D eigenvalue weighted by molar-refractivity contribution is 0.717. The van der Waals surface area contributed by atoms with E-state index in [1.54, 1.807) is 0 Å². The maximum absolute atomic E-state index is 5.51. The summed E-state index contributed by atoms with van der Waals surface area (Å²) in [4.78, 5) is 0. The van der Waals surface area contributed by atoms with Crippen LogP contribution >= 0.6 is 12.4 Å². The average Bonchev–Trinajstić information content (AvgIpc) is 2.61. The van der Waals surface area contributed by atoms with Gasteiger partial charge in [-0.05, 0) is 12.8 Å². The van der Waals surface area contributed by atoms with Gasteiger partial charge >= 0.3 is 0 Å². The Balaban J connectivity index is 0.000000605. The first kappa shape index (κ1) is 8.40. The fraction of sp³-hybridized carbons (Fsp3) is 0.571. The molecule has 0 saturated heterocycles. The number of anilines is 1. The van der Waals surface area contributed by atoms with Crippen molar-refractivity contribution in [2.24, 2.45) is 7.05 Å². The molecule has 1 aliphatic carbocycles. The third kappa shape index (κ3) is 1.48. The summed E-state index contributed by atoms with van der Waals surface area (Å²) >= 11 is 0. The normalized spacial score (nSPS) is 16.1. The van der Waals surface area contributed by atoms with Crippen LogP contribution in [0, 0.1) is 0 Å². The predicted molar refractivity (Wildman–Crippen MR) is 46.8 cm³/mol. The van der Waals surface area contributed by atoms with Crippen molar-refractivity contribution in [1.82, 2.24) is 9.78 Å². The van der Waals surface area contributed by atoms with Gasteiger partial charge < -0.3 is 5.73 Å². The topological polar surface area (TPSA) is 43.8 Å². The Labute approximate surface area is 72.0 Å². The summed E-state index contributed by atoms with van der Waals surface area (Å²) < 4.78 is 1.88. The van der Waals surface area contributed by atoms with Gasteiger partial charge in [0.2, 0.25) is 0 Å². The lowest BCUT2D eigenvalue weighted by Crippen LogP contribution is -1.96. The highest BCUT2D eigenvalue weighted by Crippen LogP contribution is 2.40. The number of nitrogens with two attached hydrogens (primary N) is 1. The first-order chi connectivity index (χ1) is 4.77. The third-order valence-electron chi connectivity index (χ3n) is 1.93. The zero-order chi connectivity index (χ0) is 7.14. The Hall–Kier alpha value is -0.700. The molecule has 0 aromatic carbocycles. The second kappa shape index (κ2) is 2.74. The highest BCUT2D eigenvalue weighted by molar-refractivity contribution is 5.85. The molecule has 3 nitrogen and oxygen atoms in total. The fourth-order valence-electron chi connectivity index (χ4n) is 1.27. The molecule has 0 spiro atoms. The minimum Gasteiger partial charge on any atom is -0.382 e. The molecule has 0 atom stereocenters. The molecule has 11 heavy (non-hydrogen) atoms. The molecule has 0 aliphatic heterocycles. The molecule has 1 heterocycles. The van der Waals surface area contributed by atoms with Gasteiger partial charge in [-0.25, -0.2) is 0 Å². The molecule has 2 N–H and O–H groups in total. The van der Waals surface area contributed by atoms with Crippen LogP contribution in [-0.2, 0) is 7.05 Å². The van der Waals surface area contributed by atoms with E-state index in [1.807, 2.05) is 17.8 Å². The summed E-state index contributed by atoms with van der Waals surface area (Å²) in [7, 11) is 1.95. The zero-order valence-corrected chi connectivity index (χ0v) is 7.27. The summed E-state index contributed by atoms with van der Waals surface area (Å²) in [6, 6.07) is 1.97. The predicted octanol–water partition coefficient (Wildman–Crippen LogP) is 1.30. The second-order valence-corrected chi connectivity index (χ2v) is 2.89. The zero-order valence-electron chi connectivity index (χ0n) is 6.45. The van der Waals surface area contributed by atoms with Gasteiger partial charge in [0.1, 0.15) is 5.82 Å². The number of rotatable bonds is 1. The molecule has 0 amide bonds. The SMILES string of the molecule is Cl.Cn1nc(N)cc1C1CC1. The van der Waals surface area contributed by atoms with Crippen molar-refractivity contribution in [3.05, 3.63) is 11.8 Å². The smallest absolute Gasteiger partial charge is 0.145 e. The van der Waals surface area contributed by atoms with Crippen molar-refractivity contribution in [2.45, 2.75) is 18.8 Å². The largest absolute Gasteiger partial charge is 0.382 e. The van der Waals surface area contributed by atoms with Gasteiger partial charge in [0.25, 0.3) is 0 Å². The molecule has 0 radical (unpaired) electrons. The molecule has 1 fully saturated rings. The Morgan fingerprint density at radius 1 is 1.64 bits per heavy atom. The molecule has 1 saturated carbocycles. The Bertz CT molecular complexity index is 252. The number of nitrogens with zero attached hydrogens (tertiary/aromatic N) is 2. The Morgan fingerprint density at radius 2 is 2.27 bits per heavy atom. The van der Waals surface area contributed by atoms with E-state index in [2.05, 4.69) is 5.10 Å². The van der Waals surface area contributed by atoms with Crippen LogP contribution in [0.25, 0.3) is 0 Å². The van der Waals surface area contributed by atoms with Crippen molar-refractivity contribution in [1.29, 1.82) is 0 Å². The van der Waals surface area contributed by atoms with Crippen molar-refractivity contribution < 1.29 is 0 Å². The van der Waals surface area contributed by atoms with Gasteiger partial charge in [0, 0.05) is 24.7 Å². The quantitative estimate of drug-likeness (QED) is 0.696. The van der Waals surface area contributed by atoms with E-state index in [0.29, 0.717) is 5.82 Å². The maximum Gasteiger partial charge on any atom is 0.145 e. The maximum atomic E-state index is 5.51. The van der Waals surface area contributed by atoms with Gasteiger partial charge in [-0.15, -0.1) is 12.4 Å². The summed E-state index contributed by atoms with van der Waals surface area (Å²) in [5.74, 6) is 1.39. The van der Waals surface area contributed by atoms with Crippen molar-refractivity contribution in [3.63, 3.8) is 0 Å². The van der Waals surface area contributed by atoms with Crippen LogP contribution in [0.1, 0.15) is 24.5 Å². The summed E-state index contributed by atoms with van der Waals surface area (Å²) in [6.07, 6.45) is 2.61. The number of aromatic nitrogens is 2. The number of hydrogen-bond donors (Lipinski definition) is 1. The highest BCUT2D eigenvalue weighted by Gasteiger charge is 2.26. The molecule has 0 unspecified atom stereocenters. The van der Waals surface area contributed by atoms with Gasteiger partial charge in [-0.2, -0.15) is 5.10 Å². The summed E-state index contributed by atoms with van der Waals surface area (Å²) in [6.45, 7) is 0. The van der Waals surface area contributed by atoms with Gasteiger partial charge in [-0.3, -0.25) is 4.68 Å². The molecule has 2 rings (SSSR count). The fourth-order valence-corrected chi connectivity index (χ4v) is 1.27. The van der Waals surface area contributed by atoms with Crippen molar-refractivity contribution >= 4 is 18.2 Å². The number of halogens is 1. The molecule has 62 valence electrons. The van der Waals surface area contributed by atoms with E-state index in [0.717, 1.165) is 5.92 Å². The van der Waals surface area contributed by atoms with Gasteiger partial charge in [-0.1, -0.05) is 0 Å². The summed E-state index contributed by atoms with van der Waals surface area (Å²) in [5, 5.41) is 4.07. The van der Waals surface area contributed by atoms with Crippen molar-refractivity contribution in [2.75, 3.05) is 5.73 Å². The lowest BCUT2D eigenvalue weighted by Gasteiger charge is -1.94. The highest BCUT2D eigenvalue weighted by atomic mass is 35.5. The number of hydrogen-bond acceptors (Lipinski definition) is 2. The van der Waals surface area contributed by atoms with E-state index in [-0.39, 0.29) is 12.4 Å². The Kier molecular flexibility index (Phi) is 2.09. The van der Waals surface area contributed by atoms with Crippen LogP contribution in [0.3, 0.4) is 0 Å². The molecule has 1 aliphatic rings. The molecular formula is C7H12ClN3. The van der Waals surface area contributed by atoms with Crippen molar-refractivity contribution in [3.8, 4) is 0 Å². The lowest BCUT2D eigenvalue weighted by atomic mass is 10.3. The number of aryl methyl sites for hydroxylation is 1. The molecule has 0 bridgehead atoms. The van der Waals surface area contributed by atoms with Crippen LogP contribution < -0.4 is 5.73 Å². The number of nitrogen functional groups attached to an aromatic ring is 1. The summed E-state index contributed by atoms with van der Waals surface area (Å²) in [5.41, 5.74) is 6.80. The molecule has 4 heteroatoms. The van der Waals surface area contributed by atoms with E-state index in [4.69, 9.17) is 5.73 Å². The average molecular weight is 174 g/mol. The third-order valence-corrected chi connectivity index (χ3v) is 1.93. The van der Waals surface area contributed by atoms with Crippen LogP contribution in [0.4, 0.5) is 5.82 Å². The first-order valence-corrected chi connectivity index (χ1v) is 3.57. The minimum absolute atomic E-state index is 0. The monoisotopic (exact) mass is 173 g/mol. The standard InChI is InChI=1S/C7H11N3.ClH/c1-10-6(5-2-3-5)4-7(8)9-10;/h4-5H,2-3H2,1H3,(H2,8,9);1H. The Morgan fingerprint density at radius 3 is 2.64 bits per heavy atom. The molecule has 1 aromatic rings. The van der Waals surface area contributed by atoms with Gasteiger partial charge in [0.05, 0.1) is 0 Å². The second-order valence-electron chi connectivity index (χ2n) is 2.89. The minimum atomic E-state index is 0. The van der Waals surface area contributed by atoms with Gasteiger partial charge in [0.15, 0.2) is 0 Å². The van der Waals surface area contributed by atoms with Crippen LogP contribution in [0.15, 0.2) is 6.07 Å². The van der Waals surface area contributed by atoms with E-state index in [1.165, 1.54) is 18.5 Å². The molecular weight excluding hydrogens is 162 g/mol. The van der Waals surface area contributed by atoms with Crippen LogP contribution in [-0.4, -0.2) is 9.78 Å².